The number of aliphatic hydroxyl groups is 1. The highest BCUT2D eigenvalue weighted by Crippen LogP contribution is 2.61. The Morgan fingerprint density at radius 1 is 1.12 bits per heavy atom. The van der Waals surface area contributed by atoms with Crippen molar-refractivity contribution in [3.63, 3.8) is 0 Å². The molecule has 3 aromatic rings. The maximum absolute atomic E-state index is 14.9. The summed E-state index contributed by atoms with van der Waals surface area (Å²) in [6.07, 6.45) is -1.45. The minimum atomic E-state index is -4.81. The van der Waals surface area contributed by atoms with Crippen molar-refractivity contribution in [2.24, 2.45) is 17.8 Å². The molecule has 0 bridgehead atoms. The van der Waals surface area contributed by atoms with Crippen molar-refractivity contribution in [1.29, 1.82) is 0 Å². The molecule has 2 saturated carbocycles. The van der Waals surface area contributed by atoms with Gasteiger partial charge in [-0.25, -0.2) is 14.4 Å². The Balaban J connectivity index is 1.21. The number of nitrogens with zero attached hydrogens (tertiary/aromatic N) is 2. The second kappa shape index (κ2) is 9.68. The smallest absolute Gasteiger partial charge is 0.417 e. The topological polar surface area (TPSA) is 102 Å². The second-order valence-corrected chi connectivity index (χ2v) is 11.6. The average Bonchev–Trinajstić information content (AvgIpc) is 3.47. The summed E-state index contributed by atoms with van der Waals surface area (Å²) in [5.74, 6) is -1.67. The third kappa shape index (κ3) is 5.23. The predicted molar refractivity (Wildman–Crippen MR) is 138 cm³/mol. The van der Waals surface area contributed by atoms with E-state index in [-0.39, 0.29) is 58.5 Å². The van der Waals surface area contributed by atoms with Crippen molar-refractivity contribution in [2.45, 2.75) is 57.4 Å². The van der Waals surface area contributed by atoms with Crippen LogP contribution in [0, 0.1) is 30.5 Å². The lowest BCUT2D eigenvalue weighted by Gasteiger charge is -2.40. The van der Waals surface area contributed by atoms with Gasteiger partial charge in [-0.2, -0.15) is 13.2 Å². The molecule has 2 aromatic heterocycles. The van der Waals surface area contributed by atoms with Gasteiger partial charge in [0.05, 0.1) is 23.7 Å². The minimum Gasteiger partial charge on any atom is -0.481 e. The molecule has 7 nitrogen and oxygen atoms in total. The van der Waals surface area contributed by atoms with Gasteiger partial charge in [-0.05, 0) is 79.8 Å². The van der Waals surface area contributed by atoms with E-state index < -0.39 is 35.0 Å². The number of carbonyl (C=O) groups is 1. The monoisotopic (exact) mass is 572 g/mol. The predicted octanol–water partition coefficient (Wildman–Crippen LogP) is 5.70. The standard InChI is InChI=1S/C30H28F4N2O5/c1-14-18(3-4-24(36-14)40-12-15-9-29(2,39)10-15)19-6-17(23(31)8-22(19)30(32,33)34)13-41-25-7-16-5-20-26(21(16)11-35-25)27(20)28(37)38/h3-4,6-8,11,15,20,26-27,39H,5,9-10,12-13H2,1-2H3,(H,37,38). The van der Waals surface area contributed by atoms with Gasteiger partial charge in [0.2, 0.25) is 11.8 Å². The fourth-order valence-electron chi connectivity index (χ4n) is 6.43. The Hall–Kier alpha value is -3.73. The molecule has 0 amide bonds. The van der Waals surface area contributed by atoms with Crippen LogP contribution in [0.15, 0.2) is 36.5 Å². The van der Waals surface area contributed by atoms with Gasteiger partial charge in [0.15, 0.2) is 0 Å². The number of halogens is 4. The van der Waals surface area contributed by atoms with Crippen molar-refractivity contribution in [3.8, 4) is 22.9 Å². The van der Waals surface area contributed by atoms with E-state index in [2.05, 4.69) is 9.97 Å². The van der Waals surface area contributed by atoms with Crippen LogP contribution in [-0.4, -0.2) is 38.4 Å². The Bertz CT molecular complexity index is 1530. The highest BCUT2D eigenvalue weighted by Gasteiger charge is 2.60. The molecule has 2 heterocycles. The third-order valence-corrected chi connectivity index (χ3v) is 8.41. The number of benzene rings is 1. The highest BCUT2D eigenvalue weighted by atomic mass is 19.4. The zero-order valence-corrected chi connectivity index (χ0v) is 22.3. The number of ether oxygens (including phenoxy) is 2. The molecule has 0 aliphatic heterocycles. The van der Waals surface area contributed by atoms with E-state index >= 15 is 0 Å². The quantitative estimate of drug-likeness (QED) is 0.334. The second-order valence-electron chi connectivity index (χ2n) is 11.6. The van der Waals surface area contributed by atoms with E-state index in [1.807, 2.05) is 0 Å². The van der Waals surface area contributed by atoms with Gasteiger partial charge in [-0.15, -0.1) is 0 Å². The Labute approximate surface area is 233 Å². The van der Waals surface area contributed by atoms with Gasteiger partial charge >= 0.3 is 12.1 Å². The van der Waals surface area contributed by atoms with Crippen molar-refractivity contribution in [1.82, 2.24) is 9.97 Å². The van der Waals surface area contributed by atoms with Crippen molar-refractivity contribution in [2.75, 3.05) is 6.61 Å². The molecular formula is C30H28F4N2O5. The van der Waals surface area contributed by atoms with Crippen LogP contribution in [0.2, 0.25) is 0 Å². The molecule has 0 spiro atoms. The molecule has 2 N–H and O–H groups in total. The number of hydrogen-bond donors (Lipinski definition) is 2. The van der Waals surface area contributed by atoms with Gasteiger partial charge in [0, 0.05) is 41.1 Å². The van der Waals surface area contributed by atoms with Crippen LogP contribution in [0.5, 0.6) is 11.8 Å². The van der Waals surface area contributed by atoms with Crippen LogP contribution < -0.4 is 9.47 Å². The number of carboxylic acids is 1. The average molecular weight is 573 g/mol. The highest BCUT2D eigenvalue weighted by molar-refractivity contribution is 5.77. The Kier molecular flexibility index (Phi) is 6.48. The summed E-state index contributed by atoms with van der Waals surface area (Å²) in [4.78, 5) is 19.9. The van der Waals surface area contributed by atoms with E-state index in [9.17, 15) is 32.6 Å². The lowest BCUT2D eigenvalue weighted by atomic mass is 9.73. The molecule has 0 radical (unpaired) electrons. The van der Waals surface area contributed by atoms with Gasteiger partial charge in [0.1, 0.15) is 12.4 Å². The fraction of sp³-hybridized carbons (Fsp3) is 0.433. The zero-order chi connectivity index (χ0) is 29.3. The molecule has 1 aromatic carbocycles. The summed E-state index contributed by atoms with van der Waals surface area (Å²) in [5.41, 5.74) is 0.117. The number of pyridine rings is 2. The summed E-state index contributed by atoms with van der Waals surface area (Å²) in [7, 11) is 0. The molecule has 6 rings (SSSR count). The number of aromatic nitrogens is 2. The van der Waals surface area contributed by atoms with Crippen molar-refractivity contribution < 1.29 is 42.0 Å². The van der Waals surface area contributed by atoms with E-state index in [1.165, 1.54) is 12.1 Å². The molecule has 3 aliphatic rings. The van der Waals surface area contributed by atoms with E-state index in [4.69, 9.17) is 9.47 Å². The summed E-state index contributed by atoms with van der Waals surface area (Å²) < 4.78 is 68.1. The van der Waals surface area contributed by atoms with Gasteiger partial charge < -0.3 is 19.7 Å². The molecule has 11 heteroatoms. The van der Waals surface area contributed by atoms with Crippen LogP contribution in [0.4, 0.5) is 17.6 Å². The first-order valence-electron chi connectivity index (χ1n) is 13.4. The summed E-state index contributed by atoms with van der Waals surface area (Å²) in [5, 5.41) is 19.2. The van der Waals surface area contributed by atoms with Crippen LogP contribution in [0.1, 0.15) is 53.6 Å². The Morgan fingerprint density at radius 3 is 2.54 bits per heavy atom. The third-order valence-electron chi connectivity index (χ3n) is 8.41. The number of alkyl halides is 3. The molecule has 216 valence electrons. The lowest BCUT2D eigenvalue weighted by Crippen LogP contribution is -2.43. The van der Waals surface area contributed by atoms with Gasteiger partial charge in [-0.3, -0.25) is 4.79 Å². The first-order chi connectivity index (χ1) is 19.3. The van der Waals surface area contributed by atoms with Gasteiger partial charge in [0.25, 0.3) is 0 Å². The molecule has 3 unspecified atom stereocenters. The number of rotatable bonds is 8. The SMILES string of the molecule is Cc1nc(OCC2CC(C)(O)C2)ccc1-c1cc(COc2cc3c(cn2)C2C(C3)C2C(=O)O)c(F)cc1C(F)(F)F. The summed E-state index contributed by atoms with van der Waals surface area (Å²) in [6, 6.07) is 6.22. The first-order valence-corrected chi connectivity index (χ1v) is 13.4. The largest absolute Gasteiger partial charge is 0.481 e. The number of aryl methyl sites for hydroxylation is 1. The van der Waals surface area contributed by atoms with Crippen LogP contribution in [0.25, 0.3) is 11.1 Å². The number of hydrogen-bond acceptors (Lipinski definition) is 6. The summed E-state index contributed by atoms with van der Waals surface area (Å²) in [6.45, 7) is 3.30. The first kappa shape index (κ1) is 27.4. The molecular weight excluding hydrogens is 544 g/mol. The maximum atomic E-state index is 14.9. The number of fused-ring (bicyclic) bond motifs is 3. The van der Waals surface area contributed by atoms with Gasteiger partial charge in [-0.1, -0.05) is 0 Å². The van der Waals surface area contributed by atoms with Crippen molar-refractivity contribution in [3.05, 3.63) is 70.3 Å². The van der Waals surface area contributed by atoms with Crippen LogP contribution in [-0.2, 0) is 24.0 Å². The minimum absolute atomic E-state index is 0.0395. The van der Waals surface area contributed by atoms with Crippen molar-refractivity contribution >= 4 is 5.97 Å². The van der Waals surface area contributed by atoms with E-state index in [1.54, 1.807) is 26.1 Å². The maximum Gasteiger partial charge on any atom is 0.417 e. The molecule has 41 heavy (non-hydrogen) atoms. The van der Waals surface area contributed by atoms with Crippen LogP contribution >= 0.6 is 0 Å². The fourth-order valence-corrected chi connectivity index (χ4v) is 6.43. The number of aliphatic carboxylic acids is 1. The summed E-state index contributed by atoms with van der Waals surface area (Å²) >= 11 is 0. The molecule has 3 atom stereocenters. The van der Waals surface area contributed by atoms with Crippen LogP contribution in [0.3, 0.4) is 0 Å². The molecule has 0 saturated heterocycles. The molecule has 3 aliphatic carbocycles. The van der Waals surface area contributed by atoms with E-state index in [0.29, 0.717) is 31.9 Å². The number of carboxylic acid groups (broad SMARTS) is 1. The normalized spacial score (nSPS) is 26.1. The Morgan fingerprint density at radius 2 is 1.88 bits per heavy atom. The zero-order valence-electron chi connectivity index (χ0n) is 22.3. The van der Waals surface area contributed by atoms with E-state index in [0.717, 1.165) is 17.2 Å². The molecule has 2 fully saturated rings. The lowest BCUT2D eigenvalue weighted by molar-refractivity contribution is -0.139.